The second-order valence-electron chi connectivity index (χ2n) is 6.37. The number of carbonyl (C=O) groups is 1. The normalized spacial score (nSPS) is 15.7. The summed E-state index contributed by atoms with van der Waals surface area (Å²) in [5.41, 5.74) is 0.769. The third kappa shape index (κ3) is 4.86. The van der Waals surface area contributed by atoms with Crippen LogP contribution in [-0.2, 0) is 21.2 Å². The third-order valence-electron chi connectivity index (χ3n) is 4.54. The lowest BCUT2D eigenvalue weighted by molar-refractivity contribution is -0.132. The lowest BCUT2D eigenvalue weighted by Gasteiger charge is -2.34. The zero-order chi connectivity index (χ0) is 19.4. The number of nitrogens with zero attached hydrogens (tertiary/aromatic N) is 2. The fraction of sp³-hybridized carbons (Fsp3) is 0.316. The average molecular weight is 411 g/mol. The van der Waals surface area contributed by atoms with Gasteiger partial charge >= 0.3 is 0 Å². The molecule has 1 aliphatic rings. The molecule has 3 rings (SSSR count). The number of hydrogen-bond donors (Lipinski definition) is 0. The summed E-state index contributed by atoms with van der Waals surface area (Å²) < 4.78 is 39.9. The third-order valence-corrected chi connectivity index (χ3v) is 6.67. The van der Waals surface area contributed by atoms with Gasteiger partial charge in [0.25, 0.3) is 0 Å². The van der Waals surface area contributed by atoms with Gasteiger partial charge in [0.1, 0.15) is 5.82 Å². The molecule has 0 unspecified atom stereocenters. The second kappa shape index (κ2) is 8.37. The van der Waals surface area contributed by atoms with E-state index in [9.17, 15) is 17.6 Å². The molecule has 8 heteroatoms. The zero-order valence-electron chi connectivity index (χ0n) is 14.6. The van der Waals surface area contributed by atoms with E-state index in [4.69, 9.17) is 11.6 Å². The molecule has 144 valence electrons. The molecule has 1 fully saturated rings. The molecule has 2 aromatic carbocycles. The maximum absolute atomic E-state index is 13.2. The van der Waals surface area contributed by atoms with Gasteiger partial charge in [0.15, 0.2) is 0 Å². The van der Waals surface area contributed by atoms with E-state index in [1.807, 2.05) is 0 Å². The Balaban J connectivity index is 1.56. The van der Waals surface area contributed by atoms with Crippen LogP contribution in [0.1, 0.15) is 12.0 Å². The minimum atomic E-state index is -3.62. The first-order valence-electron chi connectivity index (χ1n) is 8.64. The maximum atomic E-state index is 13.2. The van der Waals surface area contributed by atoms with Crippen LogP contribution >= 0.6 is 11.6 Å². The fourth-order valence-electron chi connectivity index (χ4n) is 3.06. The second-order valence-corrected chi connectivity index (χ2v) is 8.75. The van der Waals surface area contributed by atoms with Gasteiger partial charge in [-0.3, -0.25) is 4.79 Å². The molecule has 0 aliphatic carbocycles. The van der Waals surface area contributed by atoms with Crippen LogP contribution in [0.2, 0.25) is 5.02 Å². The van der Waals surface area contributed by atoms with Crippen molar-refractivity contribution in [2.75, 3.05) is 26.2 Å². The minimum Gasteiger partial charge on any atom is -0.340 e. The van der Waals surface area contributed by atoms with Crippen molar-refractivity contribution < 1.29 is 17.6 Å². The Morgan fingerprint density at radius 2 is 1.74 bits per heavy atom. The number of amides is 1. The Morgan fingerprint density at radius 3 is 2.41 bits per heavy atom. The smallest absolute Gasteiger partial charge is 0.243 e. The summed E-state index contributed by atoms with van der Waals surface area (Å²) >= 11 is 5.89. The Kier molecular flexibility index (Phi) is 6.14. The summed E-state index contributed by atoms with van der Waals surface area (Å²) in [6.07, 6.45) is 0.724. The summed E-state index contributed by atoms with van der Waals surface area (Å²) in [5, 5.41) is 0.363. The highest BCUT2D eigenvalue weighted by molar-refractivity contribution is 7.89. The van der Waals surface area contributed by atoms with Gasteiger partial charge in [-0.05, 0) is 42.3 Å². The quantitative estimate of drug-likeness (QED) is 0.761. The predicted octanol–water partition coefficient (Wildman–Crippen LogP) is 2.94. The van der Waals surface area contributed by atoms with Gasteiger partial charge in [0, 0.05) is 37.6 Å². The highest BCUT2D eigenvalue weighted by atomic mass is 35.5. The molecule has 1 aliphatic heterocycles. The molecule has 0 aromatic heterocycles. The summed E-state index contributed by atoms with van der Waals surface area (Å²) in [6.45, 7) is 1.14. The number of rotatable bonds is 5. The molecule has 0 saturated carbocycles. The van der Waals surface area contributed by atoms with Crippen LogP contribution in [-0.4, -0.2) is 49.7 Å². The molecule has 0 spiro atoms. The molecular weight excluding hydrogens is 391 g/mol. The molecule has 0 bridgehead atoms. The summed E-state index contributed by atoms with van der Waals surface area (Å²) in [6, 6.07) is 12.3. The molecule has 0 radical (unpaired) electrons. The van der Waals surface area contributed by atoms with E-state index in [1.54, 1.807) is 29.2 Å². The number of carbonyl (C=O) groups excluding carboxylic acids is 1. The van der Waals surface area contributed by atoms with Crippen molar-refractivity contribution in [1.29, 1.82) is 0 Å². The van der Waals surface area contributed by atoms with E-state index >= 15 is 0 Å². The summed E-state index contributed by atoms with van der Waals surface area (Å²) in [5.74, 6) is -0.376. The molecule has 1 amide bonds. The SMILES string of the molecule is O=C(CCc1cccc(F)c1)N1CCN(S(=O)(=O)c2cccc(Cl)c2)CC1. The lowest BCUT2D eigenvalue weighted by atomic mass is 10.1. The number of aryl methyl sites for hydroxylation is 1. The van der Waals surface area contributed by atoms with Crippen LogP contribution in [0, 0.1) is 5.82 Å². The van der Waals surface area contributed by atoms with E-state index < -0.39 is 10.0 Å². The average Bonchev–Trinajstić information content (AvgIpc) is 2.66. The van der Waals surface area contributed by atoms with Crippen LogP contribution in [0.3, 0.4) is 0 Å². The van der Waals surface area contributed by atoms with Crippen molar-refractivity contribution in [3.8, 4) is 0 Å². The molecule has 5 nitrogen and oxygen atoms in total. The molecule has 0 atom stereocenters. The van der Waals surface area contributed by atoms with Gasteiger partial charge in [0.2, 0.25) is 15.9 Å². The number of piperazine rings is 1. The Labute approximate surface area is 163 Å². The first kappa shape index (κ1) is 19.8. The van der Waals surface area contributed by atoms with Crippen molar-refractivity contribution in [3.05, 3.63) is 64.9 Å². The van der Waals surface area contributed by atoms with Crippen LogP contribution in [0.4, 0.5) is 4.39 Å². The molecular formula is C19H20ClFN2O3S. The first-order valence-corrected chi connectivity index (χ1v) is 10.5. The summed E-state index contributed by atoms with van der Waals surface area (Å²) in [7, 11) is -3.62. The van der Waals surface area contributed by atoms with Crippen LogP contribution in [0.25, 0.3) is 0 Å². The van der Waals surface area contributed by atoms with Crippen molar-refractivity contribution >= 4 is 27.5 Å². The largest absolute Gasteiger partial charge is 0.340 e. The molecule has 1 saturated heterocycles. The van der Waals surface area contributed by atoms with Crippen molar-refractivity contribution in [2.45, 2.75) is 17.7 Å². The van der Waals surface area contributed by atoms with Gasteiger partial charge in [0.05, 0.1) is 4.90 Å². The van der Waals surface area contributed by atoms with Crippen molar-refractivity contribution in [1.82, 2.24) is 9.21 Å². The van der Waals surface area contributed by atoms with Gasteiger partial charge < -0.3 is 4.90 Å². The number of sulfonamides is 1. The van der Waals surface area contributed by atoms with E-state index in [2.05, 4.69) is 0 Å². The molecule has 0 N–H and O–H groups in total. The molecule has 2 aromatic rings. The molecule has 27 heavy (non-hydrogen) atoms. The Hall–Kier alpha value is -1.96. The first-order chi connectivity index (χ1) is 12.9. The van der Waals surface area contributed by atoms with Crippen molar-refractivity contribution in [3.63, 3.8) is 0 Å². The van der Waals surface area contributed by atoms with E-state index in [0.717, 1.165) is 5.56 Å². The standard InChI is InChI=1S/C19H20ClFN2O3S/c20-16-4-2-6-18(14-16)27(25,26)23-11-9-22(10-12-23)19(24)8-7-15-3-1-5-17(21)13-15/h1-6,13-14H,7-12H2. The zero-order valence-corrected chi connectivity index (χ0v) is 16.2. The lowest BCUT2D eigenvalue weighted by Crippen LogP contribution is -2.50. The van der Waals surface area contributed by atoms with Crippen LogP contribution in [0.5, 0.6) is 0 Å². The van der Waals surface area contributed by atoms with Crippen molar-refractivity contribution in [2.24, 2.45) is 0 Å². The Morgan fingerprint density at radius 1 is 1.04 bits per heavy atom. The monoisotopic (exact) mass is 410 g/mol. The topological polar surface area (TPSA) is 57.7 Å². The highest BCUT2D eigenvalue weighted by Crippen LogP contribution is 2.21. The Bertz CT molecular complexity index is 928. The van der Waals surface area contributed by atoms with E-state index in [1.165, 1.54) is 28.6 Å². The number of hydrogen-bond acceptors (Lipinski definition) is 3. The number of benzene rings is 2. The fourth-order valence-corrected chi connectivity index (χ4v) is 4.78. The minimum absolute atomic E-state index is 0.0564. The van der Waals surface area contributed by atoms with Gasteiger partial charge in [-0.2, -0.15) is 4.31 Å². The van der Waals surface area contributed by atoms with Gasteiger partial charge in [-0.15, -0.1) is 0 Å². The predicted molar refractivity (Wildman–Crippen MR) is 102 cm³/mol. The number of halogens is 2. The van der Waals surface area contributed by atoms with E-state index in [-0.39, 0.29) is 36.1 Å². The van der Waals surface area contributed by atoms with E-state index in [0.29, 0.717) is 24.5 Å². The van der Waals surface area contributed by atoms with Gasteiger partial charge in [-0.25, -0.2) is 12.8 Å². The molecule has 1 heterocycles. The maximum Gasteiger partial charge on any atom is 0.243 e. The van der Waals surface area contributed by atoms with Crippen LogP contribution in [0.15, 0.2) is 53.4 Å². The summed E-state index contributed by atoms with van der Waals surface area (Å²) in [4.78, 5) is 14.2. The highest BCUT2D eigenvalue weighted by Gasteiger charge is 2.30. The van der Waals surface area contributed by atoms with Gasteiger partial charge in [-0.1, -0.05) is 29.8 Å². The van der Waals surface area contributed by atoms with Crippen LogP contribution < -0.4 is 0 Å².